The third kappa shape index (κ3) is 4.33. The Bertz CT molecular complexity index is 1000. The molecule has 0 bridgehead atoms. The van der Waals surface area contributed by atoms with Crippen molar-refractivity contribution in [2.24, 2.45) is 5.92 Å². The maximum absolute atomic E-state index is 12.7. The summed E-state index contributed by atoms with van der Waals surface area (Å²) in [5.74, 6) is 1.44. The summed E-state index contributed by atoms with van der Waals surface area (Å²) in [4.78, 5) is 17.2. The highest BCUT2D eigenvalue weighted by Crippen LogP contribution is 2.22. The van der Waals surface area contributed by atoms with E-state index in [0.717, 1.165) is 52.3 Å². The van der Waals surface area contributed by atoms with Crippen molar-refractivity contribution in [3.05, 3.63) is 37.4 Å². The smallest absolute Gasteiger partial charge is 0.346 e. The molecule has 0 saturated carbocycles. The lowest BCUT2D eigenvalue weighted by molar-refractivity contribution is 0.551. The zero-order valence-corrected chi connectivity index (χ0v) is 18.0. The van der Waals surface area contributed by atoms with E-state index in [1.807, 2.05) is 16.9 Å². The number of anilines is 1. The Hall–Kier alpha value is -2.07. The van der Waals surface area contributed by atoms with Gasteiger partial charge < -0.3 is 5.32 Å². The second-order valence-electron chi connectivity index (χ2n) is 7.63. The molecule has 3 aromatic heterocycles. The fourth-order valence-electron chi connectivity index (χ4n) is 3.43. The van der Waals surface area contributed by atoms with E-state index in [9.17, 15) is 4.79 Å². The topological polar surface area (TPSA) is 90.5 Å². The summed E-state index contributed by atoms with van der Waals surface area (Å²) in [5, 5.41) is 21.6. The maximum Gasteiger partial charge on any atom is 0.346 e. The van der Waals surface area contributed by atoms with E-state index in [1.165, 1.54) is 0 Å². The second kappa shape index (κ2) is 8.12. The number of rotatable bonds is 6. The van der Waals surface area contributed by atoms with Crippen molar-refractivity contribution in [1.29, 1.82) is 0 Å². The van der Waals surface area contributed by atoms with E-state index >= 15 is 0 Å². The van der Waals surface area contributed by atoms with Crippen LogP contribution in [0, 0.1) is 12.8 Å². The van der Waals surface area contributed by atoms with Crippen LogP contribution in [0.1, 0.15) is 48.2 Å². The van der Waals surface area contributed by atoms with Crippen LogP contribution in [0.3, 0.4) is 0 Å². The van der Waals surface area contributed by atoms with Crippen LogP contribution in [0.2, 0.25) is 0 Å². The van der Waals surface area contributed by atoms with Gasteiger partial charge in [0, 0.05) is 30.8 Å². The van der Waals surface area contributed by atoms with E-state index in [1.54, 1.807) is 27.4 Å². The lowest BCUT2D eigenvalue weighted by atomic mass is 10.1. The van der Waals surface area contributed by atoms with E-state index < -0.39 is 0 Å². The zero-order valence-electron chi connectivity index (χ0n) is 16.4. The second-order valence-corrected chi connectivity index (χ2v) is 9.76. The molecule has 8 nitrogen and oxygen atoms in total. The lowest BCUT2D eigenvalue weighted by Crippen LogP contribution is -2.27. The van der Waals surface area contributed by atoms with Crippen molar-refractivity contribution in [2.75, 3.05) is 5.32 Å². The molecule has 1 atom stereocenters. The highest BCUT2D eigenvalue weighted by atomic mass is 32.1. The van der Waals surface area contributed by atoms with Gasteiger partial charge in [-0.25, -0.2) is 14.5 Å². The van der Waals surface area contributed by atoms with Crippen molar-refractivity contribution in [1.82, 2.24) is 29.5 Å². The minimum Gasteiger partial charge on any atom is -0.357 e. The molecule has 4 heterocycles. The van der Waals surface area contributed by atoms with Crippen molar-refractivity contribution in [2.45, 2.75) is 65.6 Å². The Labute approximate surface area is 171 Å². The van der Waals surface area contributed by atoms with Crippen LogP contribution < -0.4 is 11.0 Å². The van der Waals surface area contributed by atoms with Gasteiger partial charge in [0.2, 0.25) is 5.13 Å². The molecule has 0 fully saturated rings. The number of aryl methyl sites for hydroxylation is 2. The Morgan fingerprint density at radius 3 is 2.93 bits per heavy atom. The first-order chi connectivity index (χ1) is 13.5. The molecule has 0 aliphatic carbocycles. The average molecular weight is 420 g/mol. The van der Waals surface area contributed by atoms with Gasteiger partial charge in [-0.1, -0.05) is 25.2 Å². The molecule has 0 spiro atoms. The highest BCUT2D eigenvalue weighted by Gasteiger charge is 2.22. The molecule has 28 heavy (non-hydrogen) atoms. The van der Waals surface area contributed by atoms with Crippen molar-refractivity contribution < 1.29 is 0 Å². The minimum atomic E-state index is -0.0450. The monoisotopic (exact) mass is 419 g/mol. The summed E-state index contributed by atoms with van der Waals surface area (Å²) in [5.41, 5.74) is 0.849. The number of nitrogens with zero attached hydrogens (tertiary/aromatic N) is 6. The Kier molecular flexibility index (Phi) is 5.58. The minimum absolute atomic E-state index is 0.0450. The number of hydrogen-bond acceptors (Lipinski definition) is 8. The summed E-state index contributed by atoms with van der Waals surface area (Å²) >= 11 is 3.22. The molecule has 1 unspecified atom stereocenters. The average Bonchev–Trinajstić information content (AvgIpc) is 3.28. The van der Waals surface area contributed by atoms with E-state index in [-0.39, 0.29) is 11.7 Å². The lowest BCUT2D eigenvalue weighted by Gasteiger charge is -2.14. The van der Waals surface area contributed by atoms with Gasteiger partial charge in [-0.15, -0.1) is 21.5 Å². The molecule has 0 radical (unpaired) electrons. The molecular formula is C18H25N7OS2. The summed E-state index contributed by atoms with van der Waals surface area (Å²) in [6.07, 6.45) is 3.52. The molecule has 1 aliphatic rings. The molecule has 4 rings (SSSR count). The van der Waals surface area contributed by atoms with Crippen molar-refractivity contribution in [3.63, 3.8) is 0 Å². The molecule has 0 aromatic carbocycles. The van der Waals surface area contributed by atoms with Gasteiger partial charge >= 0.3 is 5.69 Å². The molecule has 0 amide bonds. The van der Waals surface area contributed by atoms with Gasteiger partial charge in [0.1, 0.15) is 10.8 Å². The van der Waals surface area contributed by atoms with E-state index in [2.05, 4.69) is 39.4 Å². The molecule has 3 aromatic rings. The van der Waals surface area contributed by atoms with Gasteiger partial charge in [-0.2, -0.15) is 5.10 Å². The SMILES string of the molecule is Cc1nc(Cn2nc3n(c2=O)CCC(Nc2nnc(CC(C)C)s2)CC3)cs1. The number of thiazole rings is 1. The molecule has 150 valence electrons. The van der Waals surface area contributed by atoms with E-state index in [4.69, 9.17) is 0 Å². The summed E-state index contributed by atoms with van der Waals surface area (Å²) < 4.78 is 3.35. The van der Waals surface area contributed by atoms with Gasteiger partial charge in [0.15, 0.2) is 0 Å². The van der Waals surface area contributed by atoms with Crippen LogP contribution in [0.4, 0.5) is 5.13 Å². The van der Waals surface area contributed by atoms with E-state index in [0.29, 0.717) is 19.0 Å². The van der Waals surface area contributed by atoms with Gasteiger partial charge in [0.05, 0.1) is 17.2 Å². The van der Waals surface area contributed by atoms with Crippen molar-refractivity contribution >= 4 is 27.8 Å². The molecular weight excluding hydrogens is 394 g/mol. The van der Waals surface area contributed by atoms with Crippen LogP contribution in [0.5, 0.6) is 0 Å². The predicted octanol–water partition coefficient (Wildman–Crippen LogP) is 2.73. The van der Waals surface area contributed by atoms with Crippen LogP contribution in [0.15, 0.2) is 10.2 Å². The van der Waals surface area contributed by atoms with Gasteiger partial charge in [-0.05, 0) is 25.7 Å². The van der Waals surface area contributed by atoms with Crippen LogP contribution >= 0.6 is 22.7 Å². The molecule has 1 N–H and O–H groups in total. The number of hydrogen-bond donors (Lipinski definition) is 1. The third-order valence-corrected chi connectivity index (χ3v) is 6.47. The first kappa shape index (κ1) is 19.3. The third-order valence-electron chi connectivity index (χ3n) is 4.77. The van der Waals surface area contributed by atoms with Crippen molar-refractivity contribution in [3.8, 4) is 0 Å². The number of fused-ring (bicyclic) bond motifs is 1. The zero-order chi connectivity index (χ0) is 19.7. The summed E-state index contributed by atoms with van der Waals surface area (Å²) in [6, 6.07) is 0.274. The Morgan fingerprint density at radius 1 is 1.32 bits per heavy atom. The first-order valence-electron chi connectivity index (χ1n) is 9.64. The summed E-state index contributed by atoms with van der Waals surface area (Å²) in [6.45, 7) is 7.44. The maximum atomic E-state index is 12.7. The van der Waals surface area contributed by atoms with Crippen LogP contribution in [-0.2, 0) is 25.9 Å². The fourth-order valence-corrected chi connectivity index (χ4v) is 5.06. The normalized spacial score (nSPS) is 16.9. The van der Waals surface area contributed by atoms with Gasteiger partial charge in [-0.3, -0.25) is 4.57 Å². The molecule has 1 aliphatic heterocycles. The largest absolute Gasteiger partial charge is 0.357 e. The molecule has 0 saturated heterocycles. The Morgan fingerprint density at radius 2 is 2.18 bits per heavy atom. The van der Waals surface area contributed by atoms with Gasteiger partial charge in [0.25, 0.3) is 0 Å². The highest BCUT2D eigenvalue weighted by molar-refractivity contribution is 7.15. The standard InChI is InChI=1S/C18H25N7OS2/c1-11(2)8-16-21-22-17(28-16)20-13-4-5-15-23-25(18(26)24(15)7-6-13)9-14-10-27-12(3)19-14/h10-11,13H,4-9H2,1-3H3,(H,20,22). The molecule has 10 heteroatoms. The van der Waals surface area contributed by atoms with Crippen LogP contribution in [-0.4, -0.2) is 35.6 Å². The number of nitrogens with one attached hydrogen (secondary N) is 1. The fraction of sp³-hybridized carbons (Fsp3) is 0.611. The first-order valence-corrected chi connectivity index (χ1v) is 11.3. The Balaban J connectivity index is 1.40. The predicted molar refractivity (Wildman–Crippen MR) is 111 cm³/mol. The number of aromatic nitrogens is 6. The summed E-state index contributed by atoms with van der Waals surface area (Å²) in [7, 11) is 0. The quantitative estimate of drug-likeness (QED) is 0.661. The van der Waals surface area contributed by atoms with Crippen LogP contribution in [0.25, 0.3) is 0 Å².